The van der Waals surface area contributed by atoms with E-state index in [4.69, 9.17) is 0 Å². The van der Waals surface area contributed by atoms with Crippen molar-refractivity contribution < 1.29 is 0 Å². The summed E-state index contributed by atoms with van der Waals surface area (Å²) in [7, 11) is 0. The van der Waals surface area contributed by atoms with Crippen molar-refractivity contribution in [1.29, 1.82) is 0 Å². The lowest BCUT2D eigenvalue weighted by atomic mass is 10.1. The minimum Gasteiger partial charge on any atom is -0.257 e. The topological polar surface area (TPSA) is 38.7 Å². The van der Waals surface area contributed by atoms with Crippen LogP contribution in [0.4, 0.5) is 0 Å². The van der Waals surface area contributed by atoms with Gasteiger partial charge in [-0.3, -0.25) is 15.0 Å². The molecule has 0 saturated heterocycles. The highest BCUT2D eigenvalue weighted by Crippen LogP contribution is 2.24. The molecule has 2 heterocycles. The normalized spacial score (nSPS) is 10.8. The molecule has 0 amide bonds. The van der Waals surface area contributed by atoms with E-state index in [0.29, 0.717) is 5.92 Å². The van der Waals surface area contributed by atoms with Gasteiger partial charge in [0.05, 0.1) is 11.4 Å². The molecule has 0 saturated carbocycles. The van der Waals surface area contributed by atoms with Crippen molar-refractivity contribution in [2.24, 2.45) is 0 Å². The maximum Gasteiger partial charge on any atom is 0.110 e. The molecule has 0 fully saturated rings. The summed E-state index contributed by atoms with van der Waals surface area (Å²) in [6.45, 7) is 4.21. The van der Waals surface area contributed by atoms with Crippen molar-refractivity contribution in [3.63, 3.8) is 0 Å². The first-order valence-electron chi connectivity index (χ1n) is 5.11. The largest absolute Gasteiger partial charge is 0.257 e. The van der Waals surface area contributed by atoms with Gasteiger partial charge >= 0.3 is 0 Å². The number of hydrogen-bond donors (Lipinski definition) is 0. The third kappa shape index (κ3) is 2.27. The number of nitrogens with zero attached hydrogens (tertiary/aromatic N) is 3. The maximum atomic E-state index is 4.36. The predicted molar refractivity (Wildman–Crippen MR) is 67.1 cm³/mol. The Morgan fingerprint density at radius 2 is 1.81 bits per heavy atom. The van der Waals surface area contributed by atoms with Crippen LogP contribution in [-0.4, -0.2) is 15.0 Å². The Bertz CT molecular complexity index is 480. The molecule has 2 aromatic heterocycles. The summed E-state index contributed by atoms with van der Waals surface area (Å²) in [6.07, 6.45) is 5.19. The van der Waals surface area contributed by atoms with Gasteiger partial charge < -0.3 is 0 Å². The van der Waals surface area contributed by atoms with Crippen LogP contribution in [0.25, 0.3) is 11.4 Å². The summed E-state index contributed by atoms with van der Waals surface area (Å²) in [6, 6.07) is 3.90. The minimum absolute atomic E-state index is 0.342. The second-order valence-corrected chi connectivity index (χ2v) is 4.72. The molecule has 82 valence electrons. The van der Waals surface area contributed by atoms with Gasteiger partial charge in [-0.25, -0.2) is 0 Å². The van der Waals surface area contributed by atoms with Crippen LogP contribution in [0.3, 0.4) is 0 Å². The van der Waals surface area contributed by atoms with E-state index in [1.165, 1.54) is 0 Å². The first kappa shape index (κ1) is 11.2. The van der Waals surface area contributed by atoms with E-state index in [9.17, 15) is 0 Å². The van der Waals surface area contributed by atoms with Crippen LogP contribution in [-0.2, 0) is 0 Å². The number of pyridine rings is 1. The average Bonchev–Trinajstić information content (AvgIpc) is 2.30. The molecule has 16 heavy (non-hydrogen) atoms. The van der Waals surface area contributed by atoms with Gasteiger partial charge in [0.2, 0.25) is 0 Å². The van der Waals surface area contributed by atoms with Crippen LogP contribution in [0.5, 0.6) is 0 Å². The molecule has 0 radical (unpaired) electrons. The Kier molecular flexibility index (Phi) is 3.29. The van der Waals surface area contributed by atoms with E-state index in [1.807, 2.05) is 12.1 Å². The fraction of sp³-hybridized carbons (Fsp3) is 0.250. The van der Waals surface area contributed by atoms with E-state index >= 15 is 0 Å². The molecule has 0 bridgehead atoms. The maximum absolute atomic E-state index is 4.36. The lowest BCUT2D eigenvalue weighted by Crippen LogP contribution is -1.99. The summed E-state index contributed by atoms with van der Waals surface area (Å²) >= 11 is 3.37. The van der Waals surface area contributed by atoms with Gasteiger partial charge in [0.1, 0.15) is 5.69 Å². The van der Waals surface area contributed by atoms with E-state index in [1.54, 1.807) is 18.6 Å². The van der Waals surface area contributed by atoms with Crippen LogP contribution >= 0.6 is 15.9 Å². The monoisotopic (exact) mass is 277 g/mol. The highest BCUT2D eigenvalue weighted by atomic mass is 79.9. The van der Waals surface area contributed by atoms with Crippen molar-refractivity contribution in [1.82, 2.24) is 15.0 Å². The number of aromatic nitrogens is 3. The standard InChI is InChI=1S/C12H12BrN3/c1-8(2)11-12(15-6-5-14-11)10-4-3-9(13)7-16-10/h3-8H,1-2H3. The van der Waals surface area contributed by atoms with Crippen molar-refractivity contribution in [2.45, 2.75) is 19.8 Å². The van der Waals surface area contributed by atoms with Gasteiger partial charge in [-0.2, -0.15) is 0 Å². The molecule has 0 aliphatic heterocycles. The Hall–Kier alpha value is -1.29. The molecule has 0 N–H and O–H groups in total. The Labute approximate surface area is 103 Å². The van der Waals surface area contributed by atoms with Gasteiger partial charge in [-0.1, -0.05) is 13.8 Å². The molecular weight excluding hydrogens is 266 g/mol. The number of halogens is 1. The minimum atomic E-state index is 0.342. The average molecular weight is 278 g/mol. The van der Waals surface area contributed by atoms with Gasteiger partial charge in [0.15, 0.2) is 0 Å². The fourth-order valence-corrected chi connectivity index (χ4v) is 1.72. The summed E-state index contributed by atoms with van der Waals surface area (Å²) < 4.78 is 0.964. The predicted octanol–water partition coefficient (Wildman–Crippen LogP) is 3.42. The lowest BCUT2D eigenvalue weighted by Gasteiger charge is -2.09. The Morgan fingerprint density at radius 3 is 2.44 bits per heavy atom. The van der Waals surface area contributed by atoms with Crippen molar-refractivity contribution >= 4 is 15.9 Å². The Morgan fingerprint density at radius 1 is 1.06 bits per heavy atom. The van der Waals surface area contributed by atoms with Crippen LogP contribution in [0.2, 0.25) is 0 Å². The van der Waals surface area contributed by atoms with Gasteiger partial charge in [0, 0.05) is 23.1 Å². The summed E-state index contributed by atoms with van der Waals surface area (Å²) in [4.78, 5) is 13.1. The summed E-state index contributed by atoms with van der Waals surface area (Å²) in [5.41, 5.74) is 2.71. The van der Waals surface area contributed by atoms with Gasteiger partial charge in [0.25, 0.3) is 0 Å². The van der Waals surface area contributed by atoms with Crippen LogP contribution in [0.1, 0.15) is 25.5 Å². The molecule has 2 rings (SSSR count). The molecule has 0 unspecified atom stereocenters. The Balaban J connectivity index is 2.51. The van der Waals surface area contributed by atoms with Crippen LogP contribution in [0.15, 0.2) is 35.2 Å². The molecule has 0 aliphatic carbocycles. The smallest absolute Gasteiger partial charge is 0.110 e. The van der Waals surface area contributed by atoms with Gasteiger partial charge in [-0.05, 0) is 34.0 Å². The first-order chi connectivity index (χ1) is 7.68. The van der Waals surface area contributed by atoms with E-state index in [-0.39, 0.29) is 0 Å². The quantitative estimate of drug-likeness (QED) is 0.844. The summed E-state index contributed by atoms with van der Waals surface area (Å²) in [5.74, 6) is 0.342. The molecular formula is C12H12BrN3. The molecule has 2 aromatic rings. The van der Waals surface area contributed by atoms with Crippen LogP contribution in [0, 0.1) is 0 Å². The van der Waals surface area contributed by atoms with Crippen LogP contribution < -0.4 is 0 Å². The van der Waals surface area contributed by atoms with E-state index < -0.39 is 0 Å². The fourth-order valence-electron chi connectivity index (χ4n) is 1.48. The molecule has 3 nitrogen and oxygen atoms in total. The third-order valence-electron chi connectivity index (χ3n) is 2.24. The zero-order valence-corrected chi connectivity index (χ0v) is 10.8. The second kappa shape index (κ2) is 4.70. The van der Waals surface area contributed by atoms with E-state index in [0.717, 1.165) is 21.6 Å². The molecule has 0 aromatic carbocycles. The highest BCUT2D eigenvalue weighted by Gasteiger charge is 2.11. The molecule has 0 aliphatic rings. The van der Waals surface area contributed by atoms with Crippen molar-refractivity contribution in [2.75, 3.05) is 0 Å². The zero-order valence-electron chi connectivity index (χ0n) is 9.18. The highest BCUT2D eigenvalue weighted by molar-refractivity contribution is 9.10. The number of rotatable bonds is 2. The number of hydrogen-bond acceptors (Lipinski definition) is 3. The second-order valence-electron chi connectivity index (χ2n) is 3.81. The van der Waals surface area contributed by atoms with Crippen molar-refractivity contribution in [3.05, 3.63) is 40.9 Å². The lowest BCUT2D eigenvalue weighted by molar-refractivity contribution is 0.814. The van der Waals surface area contributed by atoms with Crippen molar-refractivity contribution in [3.8, 4) is 11.4 Å². The SMILES string of the molecule is CC(C)c1nccnc1-c1ccc(Br)cn1. The molecule has 4 heteroatoms. The first-order valence-corrected chi connectivity index (χ1v) is 5.90. The third-order valence-corrected chi connectivity index (χ3v) is 2.71. The van der Waals surface area contributed by atoms with Gasteiger partial charge in [-0.15, -0.1) is 0 Å². The van der Waals surface area contributed by atoms with E-state index in [2.05, 4.69) is 44.7 Å². The zero-order chi connectivity index (χ0) is 11.5. The summed E-state index contributed by atoms with van der Waals surface area (Å²) in [5, 5.41) is 0. The molecule has 0 spiro atoms. The molecule has 0 atom stereocenters.